The standard InChI is InChI=1S/C23H27BrN4O3/c1-23(2,3)31-22(29)28-9-7-27(8-10-28)17-6-5-15-11-20(26-19(15)13-17)18-12-16(24)14-25-21(18)30-4/h5-6,12-14H,7-11H2,1-4H3. The van der Waals surface area contributed by atoms with E-state index >= 15 is 0 Å². The third-order valence-electron chi connectivity index (χ3n) is 5.30. The second-order valence-electron chi connectivity index (χ2n) is 8.71. The summed E-state index contributed by atoms with van der Waals surface area (Å²) in [5, 5.41) is 0. The van der Waals surface area contributed by atoms with Gasteiger partial charge in [-0.2, -0.15) is 0 Å². The zero-order valence-corrected chi connectivity index (χ0v) is 19.9. The Hall–Kier alpha value is -2.61. The first-order valence-corrected chi connectivity index (χ1v) is 11.2. The number of hydrogen-bond acceptors (Lipinski definition) is 6. The van der Waals surface area contributed by atoms with E-state index in [1.807, 2.05) is 26.8 Å². The van der Waals surface area contributed by atoms with E-state index in [0.717, 1.165) is 46.6 Å². The van der Waals surface area contributed by atoms with Crippen molar-refractivity contribution in [2.24, 2.45) is 4.99 Å². The van der Waals surface area contributed by atoms with Gasteiger partial charge in [0.15, 0.2) is 0 Å². The van der Waals surface area contributed by atoms with Crippen LogP contribution < -0.4 is 9.64 Å². The average molecular weight is 487 g/mol. The molecule has 2 aliphatic rings. The lowest BCUT2D eigenvalue weighted by atomic mass is 10.0. The smallest absolute Gasteiger partial charge is 0.410 e. The number of fused-ring (bicyclic) bond motifs is 1. The van der Waals surface area contributed by atoms with Gasteiger partial charge in [0.1, 0.15) is 5.60 Å². The van der Waals surface area contributed by atoms with Crippen LogP contribution >= 0.6 is 15.9 Å². The van der Waals surface area contributed by atoms with Crippen molar-refractivity contribution in [2.75, 3.05) is 38.2 Å². The van der Waals surface area contributed by atoms with E-state index in [4.69, 9.17) is 14.5 Å². The molecule has 3 heterocycles. The molecule has 0 N–H and O–H groups in total. The lowest BCUT2D eigenvalue weighted by Crippen LogP contribution is -2.50. The molecule has 0 saturated carbocycles. The summed E-state index contributed by atoms with van der Waals surface area (Å²) in [5.74, 6) is 0.577. The molecule has 1 saturated heterocycles. The van der Waals surface area contributed by atoms with Crippen LogP contribution in [0.4, 0.5) is 16.2 Å². The molecule has 0 radical (unpaired) electrons. The van der Waals surface area contributed by atoms with Crippen LogP contribution in [0.25, 0.3) is 0 Å². The molecule has 7 nitrogen and oxygen atoms in total. The van der Waals surface area contributed by atoms with Gasteiger partial charge in [0, 0.05) is 49.0 Å². The van der Waals surface area contributed by atoms with Crippen LogP contribution in [0.2, 0.25) is 0 Å². The highest BCUT2D eigenvalue weighted by Crippen LogP contribution is 2.35. The molecule has 1 amide bonds. The number of piperazine rings is 1. The fraction of sp³-hybridized carbons (Fsp3) is 0.435. The van der Waals surface area contributed by atoms with Crippen molar-refractivity contribution in [2.45, 2.75) is 32.8 Å². The molecular weight excluding hydrogens is 460 g/mol. The molecule has 0 spiro atoms. The molecular formula is C23H27BrN4O3. The second kappa shape index (κ2) is 8.49. The van der Waals surface area contributed by atoms with Gasteiger partial charge in [-0.3, -0.25) is 4.99 Å². The van der Waals surface area contributed by atoms with E-state index in [1.54, 1.807) is 18.2 Å². The highest BCUT2D eigenvalue weighted by Gasteiger charge is 2.27. The number of halogens is 1. The topological polar surface area (TPSA) is 67.3 Å². The van der Waals surface area contributed by atoms with Crippen molar-refractivity contribution < 1.29 is 14.3 Å². The predicted octanol–water partition coefficient (Wildman–Crippen LogP) is 4.59. The average Bonchev–Trinajstić information content (AvgIpc) is 3.16. The van der Waals surface area contributed by atoms with Gasteiger partial charge in [-0.05, 0) is 60.5 Å². The molecule has 1 aromatic heterocycles. The number of methoxy groups -OCH3 is 1. The number of nitrogens with zero attached hydrogens (tertiary/aromatic N) is 4. The number of ether oxygens (including phenoxy) is 2. The number of rotatable bonds is 3. The highest BCUT2D eigenvalue weighted by atomic mass is 79.9. The summed E-state index contributed by atoms with van der Waals surface area (Å²) in [6.45, 7) is 8.47. The first-order chi connectivity index (χ1) is 14.7. The Morgan fingerprint density at radius 3 is 2.55 bits per heavy atom. The Morgan fingerprint density at radius 2 is 1.87 bits per heavy atom. The molecule has 2 aliphatic heterocycles. The molecule has 8 heteroatoms. The van der Waals surface area contributed by atoms with Crippen molar-refractivity contribution in [3.63, 3.8) is 0 Å². The van der Waals surface area contributed by atoms with Gasteiger partial charge in [-0.25, -0.2) is 9.78 Å². The normalized spacial score (nSPS) is 16.1. The largest absolute Gasteiger partial charge is 0.481 e. The van der Waals surface area contributed by atoms with E-state index in [9.17, 15) is 4.79 Å². The van der Waals surface area contributed by atoms with Gasteiger partial charge >= 0.3 is 6.09 Å². The van der Waals surface area contributed by atoms with Gasteiger partial charge in [0.05, 0.1) is 24.1 Å². The van der Waals surface area contributed by atoms with Crippen molar-refractivity contribution in [1.29, 1.82) is 0 Å². The number of benzene rings is 1. The predicted molar refractivity (Wildman–Crippen MR) is 125 cm³/mol. The summed E-state index contributed by atoms with van der Waals surface area (Å²) in [7, 11) is 1.62. The number of aromatic nitrogens is 1. The summed E-state index contributed by atoms with van der Waals surface area (Å²) in [5.41, 5.74) is 4.66. The minimum Gasteiger partial charge on any atom is -0.481 e. The van der Waals surface area contributed by atoms with Crippen LogP contribution in [0.5, 0.6) is 5.88 Å². The first kappa shape index (κ1) is 21.6. The minimum atomic E-state index is -0.476. The maximum atomic E-state index is 12.3. The van der Waals surface area contributed by atoms with E-state index in [-0.39, 0.29) is 6.09 Å². The SMILES string of the molecule is COc1ncc(Br)cc1C1=Nc2cc(N3CCN(C(=O)OC(C)(C)C)CC3)ccc2C1. The van der Waals surface area contributed by atoms with E-state index in [0.29, 0.717) is 19.0 Å². The Labute approximate surface area is 191 Å². The van der Waals surface area contributed by atoms with Crippen LogP contribution in [0.1, 0.15) is 31.9 Å². The molecule has 2 aromatic rings. The molecule has 1 aromatic carbocycles. The number of amides is 1. The van der Waals surface area contributed by atoms with Crippen LogP contribution in [-0.4, -0.2) is 60.6 Å². The highest BCUT2D eigenvalue weighted by molar-refractivity contribution is 9.10. The fourth-order valence-corrected chi connectivity index (χ4v) is 4.12. The summed E-state index contributed by atoms with van der Waals surface area (Å²) in [6, 6.07) is 8.40. The summed E-state index contributed by atoms with van der Waals surface area (Å²) in [4.78, 5) is 25.6. The monoisotopic (exact) mass is 486 g/mol. The Bertz CT molecular complexity index is 1020. The molecule has 164 valence electrons. The maximum absolute atomic E-state index is 12.3. The maximum Gasteiger partial charge on any atom is 0.410 e. The molecule has 1 fully saturated rings. The summed E-state index contributed by atoms with van der Waals surface area (Å²) < 4.78 is 11.8. The van der Waals surface area contributed by atoms with Crippen molar-refractivity contribution >= 4 is 39.1 Å². The minimum absolute atomic E-state index is 0.244. The van der Waals surface area contributed by atoms with Gasteiger partial charge < -0.3 is 19.3 Å². The lowest BCUT2D eigenvalue weighted by Gasteiger charge is -2.36. The molecule has 0 bridgehead atoms. The molecule has 31 heavy (non-hydrogen) atoms. The fourth-order valence-electron chi connectivity index (χ4n) is 3.79. The van der Waals surface area contributed by atoms with Crippen molar-refractivity contribution in [3.8, 4) is 5.88 Å². The van der Waals surface area contributed by atoms with Gasteiger partial charge in [0.2, 0.25) is 5.88 Å². The second-order valence-corrected chi connectivity index (χ2v) is 9.63. The molecule has 0 unspecified atom stereocenters. The quantitative estimate of drug-likeness (QED) is 0.634. The van der Waals surface area contributed by atoms with Gasteiger partial charge in [-0.15, -0.1) is 0 Å². The van der Waals surface area contributed by atoms with Crippen LogP contribution in [0.15, 0.2) is 39.9 Å². The third-order valence-corrected chi connectivity index (χ3v) is 5.73. The van der Waals surface area contributed by atoms with Gasteiger partial charge in [0.25, 0.3) is 0 Å². The van der Waals surface area contributed by atoms with Crippen LogP contribution in [0.3, 0.4) is 0 Å². The van der Waals surface area contributed by atoms with Gasteiger partial charge in [-0.1, -0.05) is 6.07 Å². The van der Waals surface area contributed by atoms with Crippen molar-refractivity contribution in [3.05, 3.63) is 46.1 Å². The lowest BCUT2D eigenvalue weighted by molar-refractivity contribution is 0.0240. The van der Waals surface area contributed by atoms with E-state index in [2.05, 4.69) is 44.0 Å². The number of aliphatic imine (C=N–C) groups is 1. The third kappa shape index (κ3) is 4.84. The number of pyridine rings is 1. The summed E-state index contributed by atoms with van der Waals surface area (Å²) in [6.07, 6.45) is 2.23. The number of carbonyl (C=O) groups is 1. The number of carbonyl (C=O) groups excluding carboxylic acids is 1. The zero-order chi connectivity index (χ0) is 22.2. The van der Waals surface area contributed by atoms with E-state index < -0.39 is 5.60 Å². The zero-order valence-electron chi connectivity index (χ0n) is 18.3. The Morgan fingerprint density at radius 1 is 1.13 bits per heavy atom. The molecule has 0 atom stereocenters. The molecule has 0 aliphatic carbocycles. The first-order valence-electron chi connectivity index (χ1n) is 10.4. The molecule has 4 rings (SSSR count). The summed E-state index contributed by atoms with van der Waals surface area (Å²) >= 11 is 3.49. The number of hydrogen-bond donors (Lipinski definition) is 0. The van der Waals surface area contributed by atoms with Crippen LogP contribution in [-0.2, 0) is 11.2 Å². The van der Waals surface area contributed by atoms with E-state index in [1.165, 1.54) is 5.56 Å². The Balaban J connectivity index is 1.47. The number of anilines is 1. The Kier molecular flexibility index (Phi) is 5.92. The van der Waals surface area contributed by atoms with Crippen LogP contribution in [0, 0.1) is 0 Å². The van der Waals surface area contributed by atoms with Crippen molar-refractivity contribution in [1.82, 2.24) is 9.88 Å².